The van der Waals surface area contributed by atoms with E-state index in [9.17, 15) is 4.79 Å². The van der Waals surface area contributed by atoms with E-state index in [4.69, 9.17) is 9.47 Å². The van der Waals surface area contributed by atoms with Gasteiger partial charge in [0.25, 0.3) is 5.91 Å². The van der Waals surface area contributed by atoms with Gasteiger partial charge in [0.2, 0.25) is 6.10 Å². The van der Waals surface area contributed by atoms with Crippen LogP contribution in [-0.2, 0) is 11.3 Å². The first-order chi connectivity index (χ1) is 13.7. The summed E-state index contributed by atoms with van der Waals surface area (Å²) in [4.78, 5) is 19.5. The molecule has 28 heavy (non-hydrogen) atoms. The number of hydrogen-bond donors (Lipinski definition) is 1. The summed E-state index contributed by atoms with van der Waals surface area (Å²) in [6, 6.07) is 11.5. The second kappa shape index (κ2) is 8.50. The average molecular weight is 381 g/mol. The number of hydrogen-bond acceptors (Lipinski definition) is 5. The van der Waals surface area contributed by atoms with Crippen molar-refractivity contribution < 1.29 is 14.3 Å². The van der Waals surface area contributed by atoms with E-state index in [0.29, 0.717) is 18.0 Å². The van der Waals surface area contributed by atoms with Crippen LogP contribution < -0.4 is 19.7 Å². The molecule has 3 heterocycles. The lowest BCUT2D eigenvalue weighted by Crippen LogP contribution is -2.48. The molecule has 1 fully saturated rings. The number of nitrogens with one attached hydrogen (secondary N) is 1. The van der Waals surface area contributed by atoms with E-state index in [1.807, 2.05) is 49.5 Å². The van der Waals surface area contributed by atoms with Gasteiger partial charge in [-0.05, 0) is 43.5 Å². The number of fused-ring (bicyclic) bond motifs is 1. The Morgan fingerprint density at radius 2 is 1.79 bits per heavy atom. The molecule has 0 radical (unpaired) electrons. The molecular formula is C22H27N3O3. The van der Waals surface area contributed by atoms with Gasteiger partial charge in [0.05, 0.1) is 0 Å². The lowest BCUT2D eigenvalue weighted by atomic mass is 10.1. The first-order valence-electron chi connectivity index (χ1n) is 10.1. The van der Waals surface area contributed by atoms with Crippen LogP contribution in [-0.4, -0.2) is 36.2 Å². The SMILES string of the molecule is C[C@H]1Oc2ccccc2O[C@H]1C(=O)NCc1ccc(N2CCCCCC2)nc1. The molecule has 2 aliphatic rings. The predicted octanol–water partition coefficient (Wildman–Crippen LogP) is 3.31. The van der Waals surface area contributed by atoms with E-state index in [0.717, 1.165) is 24.5 Å². The number of carbonyl (C=O) groups is 1. The van der Waals surface area contributed by atoms with Gasteiger partial charge in [0.15, 0.2) is 11.5 Å². The quantitative estimate of drug-likeness (QED) is 0.880. The zero-order chi connectivity index (χ0) is 19.3. The highest BCUT2D eigenvalue weighted by Gasteiger charge is 2.33. The largest absolute Gasteiger partial charge is 0.482 e. The van der Waals surface area contributed by atoms with Gasteiger partial charge in [0, 0.05) is 25.8 Å². The van der Waals surface area contributed by atoms with E-state index >= 15 is 0 Å². The minimum Gasteiger partial charge on any atom is -0.482 e. The van der Waals surface area contributed by atoms with Gasteiger partial charge in [-0.2, -0.15) is 0 Å². The molecule has 2 aliphatic heterocycles. The fraction of sp³-hybridized carbons (Fsp3) is 0.455. The Morgan fingerprint density at radius 1 is 1.07 bits per heavy atom. The number of anilines is 1. The van der Waals surface area contributed by atoms with Gasteiger partial charge in [-0.25, -0.2) is 4.98 Å². The van der Waals surface area contributed by atoms with Gasteiger partial charge in [-0.3, -0.25) is 4.79 Å². The molecule has 1 aromatic heterocycles. The van der Waals surface area contributed by atoms with E-state index in [1.165, 1.54) is 25.7 Å². The van der Waals surface area contributed by atoms with Crippen molar-refractivity contribution in [1.82, 2.24) is 10.3 Å². The number of aromatic nitrogens is 1. The molecule has 0 saturated carbocycles. The highest BCUT2D eigenvalue weighted by atomic mass is 16.6. The van der Waals surface area contributed by atoms with Crippen LogP contribution >= 0.6 is 0 Å². The van der Waals surface area contributed by atoms with Crippen molar-refractivity contribution >= 4 is 11.7 Å². The minimum absolute atomic E-state index is 0.182. The summed E-state index contributed by atoms with van der Waals surface area (Å²) in [6.45, 7) is 4.40. The molecule has 2 aromatic rings. The first kappa shape index (κ1) is 18.6. The molecule has 0 unspecified atom stereocenters. The molecule has 148 valence electrons. The van der Waals surface area contributed by atoms with Gasteiger partial charge < -0.3 is 19.7 Å². The summed E-state index contributed by atoms with van der Waals surface area (Å²) in [6.07, 6.45) is 5.89. The summed E-state index contributed by atoms with van der Waals surface area (Å²) in [7, 11) is 0. The standard InChI is InChI=1S/C22H27N3O3/c1-16-21(28-19-9-5-4-8-18(19)27-16)22(26)24-15-17-10-11-20(23-14-17)25-12-6-2-3-7-13-25/h4-5,8-11,14,16,21H,2-3,6-7,12-13,15H2,1H3,(H,24,26)/t16-,21-/m1/s1. The van der Waals surface area contributed by atoms with Crippen molar-refractivity contribution in [2.75, 3.05) is 18.0 Å². The number of pyridine rings is 1. The second-order valence-electron chi connectivity index (χ2n) is 7.45. The number of carbonyl (C=O) groups excluding carboxylic acids is 1. The van der Waals surface area contributed by atoms with Gasteiger partial charge >= 0.3 is 0 Å². The van der Waals surface area contributed by atoms with Crippen LogP contribution in [0.1, 0.15) is 38.2 Å². The molecule has 0 bridgehead atoms. The van der Waals surface area contributed by atoms with Gasteiger partial charge in [-0.1, -0.05) is 31.0 Å². The number of ether oxygens (including phenoxy) is 2. The number of amides is 1. The maximum absolute atomic E-state index is 12.6. The Morgan fingerprint density at radius 3 is 2.46 bits per heavy atom. The van der Waals surface area contributed by atoms with Crippen molar-refractivity contribution in [1.29, 1.82) is 0 Å². The Balaban J connectivity index is 1.33. The topological polar surface area (TPSA) is 63.7 Å². The van der Waals surface area contributed by atoms with Crippen LogP contribution in [0.4, 0.5) is 5.82 Å². The third kappa shape index (κ3) is 4.21. The van der Waals surface area contributed by atoms with Crippen molar-refractivity contribution in [3.05, 3.63) is 48.2 Å². The minimum atomic E-state index is -0.667. The Labute approximate surface area is 165 Å². The average Bonchev–Trinajstić information content (AvgIpc) is 3.01. The molecule has 0 spiro atoms. The van der Waals surface area contributed by atoms with Crippen LogP contribution in [0.2, 0.25) is 0 Å². The molecule has 1 amide bonds. The fourth-order valence-electron chi connectivity index (χ4n) is 3.70. The highest BCUT2D eigenvalue weighted by Crippen LogP contribution is 2.33. The summed E-state index contributed by atoms with van der Waals surface area (Å²) in [5.74, 6) is 2.11. The molecule has 4 rings (SSSR count). The normalized spacial score (nSPS) is 21.7. The monoisotopic (exact) mass is 381 g/mol. The lowest BCUT2D eigenvalue weighted by Gasteiger charge is -2.31. The zero-order valence-electron chi connectivity index (χ0n) is 16.3. The molecule has 0 aliphatic carbocycles. The zero-order valence-corrected chi connectivity index (χ0v) is 16.3. The van der Waals surface area contributed by atoms with E-state index in [1.54, 1.807) is 0 Å². The maximum Gasteiger partial charge on any atom is 0.265 e. The predicted molar refractivity (Wildman–Crippen MR) is 108 cm³/mol. The van der Waals surface area contributed by atoms with Crippen LogP contribution in [0.15, 0.2) is 42.6 Å². The molecule has 2 atom stereocenters. The molecule has 1 N–H and O–H groups in total. The van der Waals surface area contributed by atoms with Crippen LogP contribution in [0.3, 0.4) is 0 Å². The fourth-order valence-corrected chi connectivity index (χ4v) is 3.70. The Kier molecular flexibility index (Phi) is 5.65. The van der Waals surface area contributed by atoms with Crippen molar-refractivity contribution in [3.8, 4) is 11.5 Å². The number of benzene rings is 1. The van der Waals surface area contributed by atoms with Gasteiger partial charge in [-0.15, -0.1) is 0 Å². The van der Waals surface area contributed by atoms with Gasteiger partial charge in [0.1, 0.15) is 11.9 Å². The molecule has 1 aromatic carbocycles. The molecular weight excluding hydrogens is 354 g/mol. The first-order valence-corrected chi connectivity index (χ1v) is 10.1. The molecule has 6 nitrogen and oxygen atoms in total. The van der Waals surface area contributed by atoms with Crippen molar-refractivity contribution in [3.63, 3.8) is 0 Å². The van der Waals surface area contributed by atoms with E-state index in [-0.39, 0.29) is 12.0 Å². The number of para-hydroxylation sites is 2. The number of rotatable bonds is 4. The highest BCUT2D eigenvalue weighted by molar-refractivity contribution is 5.82. The lowest BCUT2D eigenvalue weighted by molar-refractivity contribution is -0.133. The summed E-state index contributed by atoms with van der Waals surface area (Å²) in [5.41, 5.74) is 0.969. The maximum atomic E-state index is 12.6. The smallest absolute Gasteiger partial charge is 0.265 e. The Hall–Kier alpha value is -2.76. The van der Waals surface area contributed by atoms with Crippen molar-refractivity contribution in [2.24, 2.45) is 0 Å². The van der Waals surface area contributed by atoms with Crippen LogP contribution in [0.5, 0.6) is 11.5 Å². The van der Waals surface area contributed by atoms with Crippen molar-refractivity contribution in [2.45, 2.75) is 51.4 Å². The number of nitrogens with zero attached hydrogens (tertiary/aromatic N) is 2. The summed E-state index contributed by atoms with van der Waals surface area (Å²) < 4.78 is 11.7. The third-order valence-corrected chi connectivity index (χ3v) is 5.31. The molecule has 6 heteroatoms. The summed E-state index contributed by atoms with van der Waals surface area (Å²) >= 11 is 0. The van der Waals surface area contributed by atoms with E-state index < -0.39 is 6.10 Å². The van der Waals surface area contributed by atoms with Crippen LogP contribution in [0.25, 0.3) is 0 Å². The second-order valence-corrected chi connectivity index (χ2v) is 7.45. The third-order valence-electron chi connectivity index (χ3n) is 5.31. The Bertz CT molecular complexity index is 801. The molecule has 1 saturated heterocycles. The summed E-state index contributed by atoms with van der Waals surface area (Å²) in [5, 5.41) is 2.94. The van der Waals surface area contributed by atoms with E-state index in [2.05, 4.69) is 15.2 Å². The van der Waals surface area contributed by atoms with Crippen LogP contribution in [0, 0.1) is 0 Å².